The summed E-state index contributed by atoms with van der Waals surface area (Å²) in [5.41, 5.74) is 6.81. The second kappa shape index (κ2) is 7.65. The van der Waals surface area contributed by atoms with Crippen molar-refractivity contribution in [2.45, 2.75) is 13.0 Å². The van der Waals surface area contributed by atoms with Crippen molar-refractivity contribution < 1.29 is 9.59 Å². The zero-order chi connectivity index (χ0) is 19.4. The zero-order valence-corrected chi connectivity index (χ0v) is 14.6. The largest absolute Gasteiger partial charge is 0.366 e. The number of aromatic nitrogens is 2. The Morgan fingerprint density at radius 2 is 1.67 bits per heavy atom. The van der Waals surface area contributed by atoms with Crippen LogP contribution in [0.15, 0.2) is 71.5 Å². The van der Waals surface area contributed by atoms with Gasteiger partial charge in [0.05, 0.1) is 16.9 Å². The molecule has 3 N–H and O–H groups in total. The minimum atomic E-state index is -0.887. The van der Waals surface area contributed by atoms with E-state index in [4.69, 9.17) is 5.73 Å². The Morgan fingerprint density at radius 1 is 1.00 bits per heavy atom. The summed E-state index contributed by atoms with van der Waals surface area (Å²) in [5, 5.41) is 6.95. The van der Waals surface area contributed by atoms with Gasteiger partial charge < -0.3 is 11.1 Å². The fraction of sp³-hybridized carbons (Fsp3) is 0.100. The molecule has 0 saturated heterocycles. The van der Waals surface area contributed by atoms with Crippen LogP contribution in [-0.2, 0) is 4.79 Å². The van der Waals surface area contributed by atoms with Crippen molar-refractivity contribution in [3.8, 4) is 11.3 Å². The smallest absolute Gasteiger partial charge is 0.267 e. The van der Waals surface area contributed by atoms with E-state index in [9.17, 15) is 14.4 Å². The highest BCUT2D eigenvalue weighted by Gasteiger charge is 2.20. The summed E-state index contributed by atoms with van der Waals surface area (Å²) in [6, 6.07) is 17.8. The molecule has 1 heterocycles. The Kier molecular flexibility index (Phi) is 5.12. The zero-order valence-electron chi connectivity index (χ0n) is 14.6. The highest BCUT2D eigenvalue weighted by atomic mass is 16.2. The second-order valence-electron chi connectivity index (χ2n) is 5.94. The monoisotopic (exact) mass is 362 g/mol. The molecule has 0 unspecified atom stereocenters. The van der Waals surface area contributed by atoms with Crippen LogP contribution in [0.25, 0.3) is 11.3 Å². The number of carbonyl (C=O) groups excluding carboxylic acids is 2. The van der Waals surface area contributed by atoms with E-state index in [0.29, 0.717) is 5.69 Å². The lowest BCUT2D eigenvalue weighted by Gasteiger charge is -2.16. The SMILES string of the molecule is C[C@@H](C(=O)Nc1ccccc1C(N)=O)n1nc(-c2ccccc2)ccc1=O. The maximum Gasteiger partial charge on any atom is 0.267 e. The number of para-hydroxylation sites is 1. The van der Waals surface area contributed by atoms with Crippen molar-refractivity contribution in [1.82, 2.24) is 9.78 Å². The highest BCUT2D eigenvalue weighted by molar-refractivity contribution is 6.03. The predicted octanol–water partition coefficient (Wildman–Crippen LogP) is 2.21. The van der Waals surface area contributed by atoms with E-state index in [0.717, 1.165) is 10.2 Å². The third kappa shape index (κ3) is 3.92. The van der Waals surface area contributed by atoms with Gasteiger partial charge in [-0.15, -0.1) is 0 Å². The van der Waals surface area contributed by atoms with Gasteiger partial charge >= 0.3 is 0 Å². The Morgan fingerprint density at radius 3 is 2.37 bits per heavy atom. The lowest BCUT2D eigenvalue weighted by Crippen LogP contribution is -2.33. The van der Waals surface area contributed by atoms with E-state index >= 15 is 0 Å². The summed E-state index contributed by atoms with van der Waals surface area (Å²) >= 11 is 0. The molecule has 1 aromatic heterocycles. The maximum absolute atomic E-state index is 12.6. The third-order valence-electron chi connectivity index (χ3n) is 4.09. The standard InChI is InChI=1S/C20H18N4O3/c1-13(20(27)22-17-10-6-5-9-15(17)19(21)26)24-18(25)12-11-16(23-24)14-7-3-2-4-8-14/h2-13H,1H3,(H2,21,26)(H,22,27)/t13-/m0/s1. The average Bonchev–Trinajstić information content (AvgIpc) is 2.68. The number of primary amides is 1. The highest BCUT2D eigenvalue weighted by Crippen LogP contribution is 2.18. The minimum absolute atomic E-state index is 0.191. The quantitative estimate of drug-likeness (QED) is 0.725. The molecule has 0 aliphatic heterocycles. The van der Waals surface area contributed by atoms with Gasteiger partial charge in [-0.25, -0.2) is 4.68 Å². The molecule has 27 heavy (non-hydrogen) atoms. The van der Waals surface area contributed by atoms with E-state index in [-0.39, 0.29) is 11.3 Å². The summed E-state index contributed by atoms with van der Waals surface area (Å²) in [7, 11) is 0. The molecule has 136 valence electrons. The molecule has 0 saturated carbocycles. The molecule has 7 nitrogen and oxygen atoms in total. The molecule has 0 aliphatic rings. The normalized spacial score (nSPS) is 11.6. The Bertz CT molecular complexity index is 1040. The first-order chi connectivity index (χ1) is 13.0. The van der Waals surface area contributed by atoms with Crippen LogP contribution < -0.4 is 16.6 Å². The van der Waals surface area contributed by atoms with Gasteiger partial charge in [-0.1, -0.05) is 42.5 Å². The van der Waals surface area contributed by atoms with Crippen LogP contribution in [0, 0.1) is 0 Å². The van der Waals surface area contributed by atoms with Crippen molar-refractivity contribution in [2.24, 2.45) is 5.73 Å². The molecule has 0 fully saturated rings. The Balaban J connectivity index is 1.90. The molecule has 0 spiro atoms. The number of rotatable bonds is 5. The summed E-state index contributed by atoms with van der Waals surface area (Å²) in [4.78, 5) is 36.3. The molecular formula is C20H18N4O3. The fourth-order valence-corrected chi connectivity index (χ4v) is 2.62. The number of anilines is 1. The second-order valence-corrected chi connectivity index (χ2v) is 5.94. The number of carbonyl (C=O) groups is 2. The molecule has 0 bridgehead atoms. The molecule has 3 rings (SSSR count). The van der Waals surface area contributed by atoms with Crippen LogP contribution in [0.1, 0.15) is 23.3 Å². The van der Waals surface area contributed by atoms with E-state index in [2.05, 4.69) is 10.4 Å². The number of nitrogens with zero attached hydrogens (tertiary/aromatic N) is 2. The number of nitrogens with two attached hydrogens (primary N) is 1. The van der Waals surface area contributed by atoms with Gasteiger partial charge in [-0.05, 0) is 25.1 Å². The van der Waals surface area contributed by atoms with Crippen LogP contribution in [0.5, 0.6) is 0 Å². The van der Waals surface area contributed by atoms with Gasteiger partial charge in [0.1, 0.15) is 6.04 Å². The summed E-state index contributed by atoms with van der Waals surface area (Å²) in [5.74, 6) is -1.14. The van der Waals surface area contributed by atoms with Crippen LogP contribution in [0.2, 0.25) is 0 Å². The van der Waals surface area contributed by atoms with E-state index in [1.165, 1.54) is 12.1 Å². The first-order valence-electron chi connectivity index (χ1n) is 8.32. The van der Waals surface area contributed by atoms with E-state index < -0.39 is 23.4 Å². The van der Waals surface area contributed by atoms with Crippen molar-refractivity contribution in [1.29, 1.82) is 0 Å². The maximum atomic E-state index is 12.6. The van der Waals surface area contributed by atoms with E-state index in [1.54, 1.807) is 31.2 Å². The molecule has 2 amide bonds. The van der Waals surface area contributed by atoms with Crippen LogP contribution in [0.3, 0.4) is 0 Å². The first kappa shape index (κ1) is 18.1. The number of benzene rings is 2. The van der Waals surface area contributed by atoms with Gasteiger partial charge in [0, 0.05) is 11.6 Å². The first-order valence-corrected chi connectivity index (χ1v) is 8.32. The molecule has 3 aromatic rings. The van der Waals surface area contributed by atoms with Crippen molar-refractivity contribution in [3.05, 3.63) is 82.6 Å². The van der Waals surface area contributed by atoms with Crippen LogP contribution in [-0.4, -0.2) is 21.6 Å². The average molecular weight is 362 g/mol. The number of hydrogen-bond acceptors (Lipinski definition) is 4. The van der Waals surface area contributed by atoms with Gasteiger partial charge in [0.15, 0.2) is 0 Å². The van der Waals surface area contributed by atoms with Crippen molar-refractivity contribution in [3.63, 3.8) is 0 Å². The van der Waals surface area contributed by atoms with Gasteiger partial charge in [0.25, 0.3) is 11.5 Å². The molecule has 2 aromatic carbocycles. The third-order valence-corrected chi connectivity index (χ3v) is 4.09. The number of amides is 2. The van der Waals surface area contributed by atoms with E-state index in [1.807, 2.05) is 30.3 Å². The molecular weight excluding hydrogens is 344 g/mol. The van der Waals surface area contributed by atoms with Crippen LogP contribution >= 0.6 is 0 Å². The molecule has 7 heteroatoms. The van der Waals surface area contributed by atoms with Crippen molar-refractivity contribution in [2.75, 3.05) is 5.32 Å². The lowest BCUT2D eigenvalue weighted by atomic mass is 10.1. The van der Waals surface area contributed by atoms with Gasteiger partial charge in [-0.2, -0.15) is 5.10 Å². The molecule has 0 aliphatic carbocycles. The molecule has 1 atom stereocenters. The van der Waals surface area contributed by atoms with Crippen molar-refractivity contribution >= 4 is 17.5 Å². The Hall–Kier alpha value is -3.74. The molecule has 0 radical (unpaired) electrons. The lowest BCUT2D eigenvalue weighted by molar-refractivity contribution is -0.119. The predicted molar refractivity (Wildman–Crippen MR) is 102 cm³/mol. The fourth-order valence-electron chi connectivity index (χ4n) is 2.62. The number of hydrogen-bond donors (Lipinski definition) is 2. The number of nitrogens with one attached hydrogen (secondary N) is 1. The van der Waals surface area contributed by atoms with Gasteiger partial charge in [-0.3, -0.25) is 14.4 Å². The van der Waals surface area contributed by atoms with Gasteiger partial charge in [0.2, 0.25) is 5.91 Å². The summed E-state index contributed by atoms with van der Waals surface area (Å²) in [6.45, 7) is 1.56. The van der Waals surface area contributed by atoms with Crippen LogP contribution in [0.4, 0.5) is 5.69 Å². The topological polar surface area (TPSA) is 107 Å². The Labute approximate surface area is 155 Å². The summed E-state index contributed by atoms with van der Waals surface area (Å²) in [6.07, 6.45) is 0. The summed E-state index contributed by atoms with van der Waals surface area (Å²) < 4.78 is 1.12. The minimum Gasteiger partial charge on any atom is -0.366 e.